The Hall–Kier alpha value is -0.600. The lowest BCUT2D eigenvalue weighted by Gasteiger charge is -2.49. The van der Waals surface area contributed by atoms with Gasteiger partial charge in [-0.3, -0.25) is 0 Å². The molecule has 0 spiro atoms. The molecule has 4 aliphatic carbocycles. The zero-order valence-corrected chi connectivity index (χ0v) is 18.8. The molecular formula is C26H42O2. The Morgan fingerprint density at radius 1 is 1.04 bits per heavy atom. The van der Waals surface area contributed by atoms with Gasteiger partial charge < -0.3 is 9.47 Å². The molecule has 0 aromatic rings. The summed E-state index contributed by atoms with van der Waals surface area (Å²) in [4.78, 5) is 0. The van der Waals surface area contributed by atoms with Crippen LogP contribution in [0.15, 0.2) is 22.8 Å². The van der Waals surface area contributed by atoms with Crippen molar-refractivity contribution in [2.24, 2.45) is 23.2 Å². The van der Waals surface area contributed by atoms with Crippen LogP contribution < -0.4 is 0 Å². The van der Waals surface area contributed by atoms with Crippen molar-refractivity contribution in [3.05, 3.63) is 22.8 Å². The molecule has 4 aliphatic rings. The third kappa shape index (κ3) is 3.65. The lowest BCUT2D eigenvalue weighted by atomic mass is 9.57. The highest BCUT2D eigenvalue weighted by Crippen LogP contribution is 2.61. The SMILES string of the molecule is CCCOC[C@H]1CCC2C3CCC4=C(CCC(C)(OCCC)C4)C3=CC[C@@]21C. The first-order chi connectivity index (χ1) is 13.5. The molecule has 0 saturated heterocycles. The maximum atomic E-state index is 6.28. The zero-order chi connectivity index (χ0) is 19.8. The Kier molecular flexibility index (Phi) is 6.10. The van der Waals surface area contributed by atoms with Gasteiger partial charge in [-0.25, -0.2) is 0 Å². The van der Waals surface area contributed by atoms with Crippen LogP contribution in [0.5, 0.6) is 0 Å². The van der Waals surface area contributed by atoms with Gasteiger partial charge in [-0.2, -0.15) is 0 Å². The highest BCUT2D eigenvalue weighted by Gasteiger charge is 2.53. The molecule has 0 aliphatic heterocycles. The van der Waals surface area contributed by atoms with Crippen molar-refractivity contribution < 1.29 is 9.47 Å². The van der Waals surface area contributed by atoms with E-state index in [1.54, 1.807) is 16.7 Å². The second kappa shape index (κ2) is 8.26. The summed E-state index contributed by atoms with van der Waals surface area (Å²) < 4.78 is 12.3. The van der Waals surface area contributed by atoms with E-state index in [9.17, 15) is 0 Å². The lowest BCUT2D eigenvalue weighted by molar-refractivity contribution is -0.0420. The fourth-order valence-corrected chi connectivity index (χ4v) is 6.97. The van der Waals surface area contributed by atoms with Crippen molar-refractivity contribution in [2.45, 2.75) is 97.5 Å². The normalized spacial score (nSPS) is 40.0. The van der Waals surface area contributed by atoms with Gasteiger partial charge in [0, 0.05) is 19.8 Å². The van der Waals surface area contributed by atoms with E-state index in [2.05, 4.69) is 33.8 Å². The first kappa shape index (κ1) is 20.7. The summed E-state index contributed by atoms with van der Waals surface area (Å²) in [5.74, 6) is 2.45. The minimum atomic E-state index is 0.0838. The van der Waals surface area contributed by atoms with Gasteiger partial charge in [0.25, 0.3) is 0 Å². The largest absolute Gasteiger partial charge is 0.381 e. The molecule has 4 rings (SSSR count). The van der Waals surface area contributed by atoms with Gasteiger partial charge in [0.1, 0.15) is 0 Å². The van der Waals surface area contributed by atoms with Gasteiger partial charge in [0.05, 0.1) is 5.60 Å². The summed E-state index contributed by atoms with van der Waals surface area (Å²) in [6, 6.07) is 0. The molecular weight excluding hydrogens is 344 g/mol. The Labute approximate surface area is 173 Å². The van der Waals surface area contributed by atoms with Crippen LogP contribution in [-0.4, -0.2) is 25.4 Å². The van der Waals surface area contributed by atoms with Crippen molar-refractivity contribution in [3.63, 3.8) is 0 Å². The molecule has 0 N–H and O–H groups in total. The highest BCUT2D eigenvalue weighted by molar-refractivity contribution is 5.44. The zero-order valence-electron chi connectivity index (χ0n) is 18.8. The Bertz CT molecular complexity index is 632. The molecule has 0 heterocycles. The van der Waals surface area contributed by atoms with E-state index in [1.165, 1.54) is 51.4 Å². The first-order valence-electron chi connectivity index (χ1n) is 12.1. The van der Waals surface area contributed by atoms with Crippen molar-refractivity contribution in [1.82, 2.24) is 0 Å². The molecule has 1 saturated carbocycles. The minimum Gasteiger partial charge on any atom is -0.381 e. The van der Waals surface area contributed by atoms with E-state index < -0.39 is 0 Å². The number of hydrogen-bond donors (Lipinski definition) is 0. The summed E-state index contributed by atoms with van der Waals surface area (Å²) in [6.07, 6.45) is 15.3. The van der Waals surface area contributed by atoms with E-state index in [1.807, 2.05) is 0 Å². The maximum absolute atomic E-state index is 6.28. The summed E-state index contributed by atoms with van der Waals surface area (Å²) in [5.41, 5.74) is 5.79. The molecule has 0 radical (unpaired) electrons. The minimum absolute atomic E-state index is 0.0838. The molecule has 28 heavy (non-hydrogen) atoms. The topological polar surface area (TPSA) is 18.5 Å². The van der Waals surface area contributed by atoms with Crippen molar-refractivity contribution in [3.8, 4) is 0 Å². The molecule has 1 fully saturated rings. The van der Waals surface area contributed by atoms with Crippen molar-refractivity contribution in [1.29, 1.82) is 0 Å². The quantitative estimate of drug-likeness (QED) is 0.445. The number of rotatable bonds is 7. The van der Waals surface area contributed by atoms with E-state index >= 15 is 0 Å². The Morgan fingerprint density at radius 2 is 1.86 bits per heavy atom. The fraction of sp³-hybridized carbons (Fsp3) is 0.846. The number of allylic oxidation sites excluding steroid dienone is 3. The van der Waals surface area contributed by atoms with Crippen LogP contribution in [0.2, 0.25) is 0 Å². The van der Waals surface area contributed by atoms with Crippen LogP contribution in [0.1, 0.15) is 91.9 Å². The van der Waals surface area contributed by atoms with Crippen molar-refractivity contribution in [2.75, 3.05) is 19.8 Å². The molecule has 0 aromatic carbocycles. The average molecular weight is 387 g/mol. The summed E-state index contributed by atoms with van der Waals surface area (Å²) in [6.45, 7) is 12.2. The third-order valence-corrected chi connectivity index (χ3v) is 8.60. The van der Waals surface area contributed by atoms with Gasteiger partial charge in [0.2, 0.25) is 0 Å². The molecule has 158 valence electrons. The second-order valence-electron chi connectivity index (χ2n) is 10.5. The third-order valence-electron chi connectivity index (χ3n) is 8.60. The van der Waals surface area contributed by atoms with Crippen LogP contribution in [0.4, 0.5) is 0 Å². The second-order valence-corrected chi connectivity index (χ2v) is 10.5. The fourth-order valence-electron chi connectivity index (χ4n) is 6.97. The number of hydrogen-bond acceptors (Lipinski definition) is 2. The van der Waals surface area contributed by atoms with Crippen LogP contribution in [0.25, 0.3) is 0 Å². The van der Waals surface area contributed by atoms with Crippen LogP contribution in [-0.2, 0) is 9.47 Å². The summed E-state index contributed by atoms with van der Waals surface area (Å²) in [5, 5.41) is 0. The van der Waals surface area contributed by atoms with E-state index in [-0.39, 0.29) is 5.60 Å². The molecule has 2 heteroatoms. The molecule has 0 amide bonds. The predicted octanol–water partition coefficient (Wildman–Crippen LogP) is 6.85. The van der Waals surface area contributed by atoms with Gasteiger partial charge in [-0.15, -0.1) is 0 Å². The average Bonchev–Trinajstić information content (AvgIpc) is 3.03. The highest BCUT2D eigenvalue weighted by atomic mass is 16.5. The number of fused-ring (bicyclic) bond motifs is 4. The number of ether oxygens (including phenoxy) is 2. The lowest BCUT2D eigenvalue weighted by Crippen LogP contribution is -2.41. The summed E-state index contributed by atoms with van der Waals surface area (Å²) in [7, 11) is 0. The predicted molar refractivity (Wildman–Crippen MR) is 116 cm³/mol. The molecule has 0 aromatic heterocycles. The van der Waals surface area contributed by atoms with Crippen LogP contribution in [0.3, 0.4) is 0 Å². The Morgan fingerprint density at radius 3 is 2.64 bits per heavy atom. The van der Waals surface area contributed by atoms with Gasteiger partial charge in [0.15, 0.2) is 0 Å². The van der Waals surface area contributed by atoms with E-state index in [0.29, 0.717) is 5.41 Å². The van der Waals surface area contributed by atoms with Crippen LogP contribution >= 0.6 is 0 Å². The van der Waals surface area contributed by atoms with E-state index in [4.69, 9.17) is 9.47 Å². The molecule has 0 bridgehead atoms. The summed E-state index contributed by atoms with van der Waals surface area (Å²) >= 11 is 0. The molecule has 2 nitrogen and oxygen atoms in total. The smallest absolute Gasteiger partial charge is 0.0694 e. The Balaban J connectivity index is 1.51. The van der Waals surface area contributed by atoms with Crippen LogP contribution in [0, 0.1) is 23.2 Å². The van der Waals surface area contributed by atoms with E-state index in [0.717, 1.165) is 50.4 Å². The molecule has 3 unspecified atom stereocenters. The molecule has 5 atom stereocenters. The van der Waals surface area contributed by atoms with Gasteiger partial charge in [-0.1, -0.05) is 32.4 Å². The van der Waals surface area contributed by atoms with Gasteiger partial charge >= 0.3 is 0 Å². The first-order valence-corrected chi connectivity index (χ1v) is 12.1. The monoisotopic (exact) mass is 386 g/mol. The van der Waals surface area contributed by atoms with Gasteiger partial charge in [-0.05, 0) is 105 Å². The van der Waals surface area contributed by atoms with Crippen molar-refractivity contribution >= 4 is 0 Å². The standard InChI is InChI=1S/C26H42O2/c1-5-15-27-18-20-8-10-24-23-9-7-19-17-25(3,28-16-6-2)13-11-21(19)22(23)12-14-26(20,24)4/h12,20,23-24H,5-11,13-18H2,1-4H3/t20-,23?,24?,25?,26-/m1/s1. The maximum Gasteiger partial charge on any atom is 0.0694 e.